The number of benzene rings is 1. The zero-order valence-corrected chi connectivity index (χ0v) is 10.4. The number of halogens is 1. The lowest BCUT2D eigenvalue weighted by atomic mass is 10.3. The summed E-state index contributed by atoms with van der Waals surface area (Å²) in [6, 6.07) is 7.70. The number of nitrogens with two attached hydrogens (primary N) is 1. The summed E-state index contributed by atoms with van der Waals surface area (Å²) in [5, 5.41) is 4.32. The normalized spacial score (nSPS) is 10.4. The van der Waals surface area contributed by atoms with Crippen LogP contribution in [-0.4, -0.2) is 16.9 Å². The second-order valence-electron chi connectivity index (χ2n) is 3.27. The minimum atomic E-state index is 0.445. The van der Waals surface area contributed by atoms with Crippen LogP contribution < -0.4 is 10.5 Å². The number of hydrogen-bond donors (Lipinski definition) is 1. The van der Waals surface area contributed by atoms with Crippen molar-refractivity contribution in [3.05, 3.63) is 40.6 Å². The van der Waals surface area contributed by atoms with E-state index in [0.29, 0.717) is 6.54 Å². The zero-order valence-electron chi connectivity index (χ0n) is 8.85. The van der Waals surface area contributed by atoms with Gasteiger partial charge in [-0.05, 0) is 34.1 Å². The maximum atomic E-state index is 5.51. The molecule has 1 aromatic heterocycles. The molecule has 0 aliphatic heterocycles. The van der Waals surface area contributed by atoms with Crippen molar-refractivity contribution in [1.29, 1.82) is 0 Å². The summed E-state index contributed by atoms with van der Waals surface area (Å²) in [7, 11) is 1.64. The third-order valence-electron chi connectivity index (χ3n) is 2.25. The fourth-order valence-electron chi connectivity index (χ4n) is 1.41. The van der Waals surface area contributed by atoms with Gasteiger partial charge in [0.25, 0.3) is 0 Å². The van der Waals surface area contributed by atoms with E-state index in [1.54, 1.807) is 11.8 Å². The minimum Gasteiger partial charge on any atom is -0.495 e. The van der Waals surface area contributed by atoms with Crippen LogP contribution in [0, 0.1) is 0 Å². The van der Waals surface area contributed by atoms with Crippen molar-refractivity contribution >= 4 is 15.9 Å². The number of methoxy groups -OCH3 is 1. The van der Waals surface area contributed by atoms with Crippen LogP contribution in [0.4, 0.5) is 0 Å². The van der Waals surface area contributed by atoms with Crippen molar-refractivity contribution in [3.63, 3.8) is 0 Å². The Balaban J connectivity index is 2.40. The molecular formula is C11H12BrN3O. The molecule has 0 amide bonds. The largest absolute Gasteiger partial charge is 0.495 e. The fourth-order valence-corrected chi connectivity index (χ4v) is 1.81. The molecule has 0 radical (unpaired) electrons. The molecule has 0 saturated heterocycles. The Morgan fingerprint density at radius 3 is 2.88 bits per heavy atom. The molecule has 0 unspecified atom stereocenters. The quantitative estimate of drug-likeness (QED) is 0.938. The monoisotopic (exact) mass is 281 g/mol. The molecule has 4 nitrogen and oxygen atoms in total. The highest BCUT2D eigenvalue weighted by molar-refractivity contribution is 9.10. The van der Waals surface area contributed by atoms with Crippen LogP contribution in [0.25, 0.3) is 5.69 Å². The van der Waals surface area contributed by atoms with Gasteiger partial charge in [0.15, 0.2) is 0 Å². The van der Waals surface area contributed by atoms with Gasteiger partial charge in [-0.25, -0.2) is 4.68 Å². The molecule has 0 saturated carbocycles. The lowest BCUT2D eigenvalue weighted by Crippen LogP contribution is -2.00. The lowest BCUT2D eigenvalue weighted by Gasteiger charge is -2.06. The van der Waals surface area contributed by atoms with E-state index in [0.717, 1.165) is 21.6 Å². The Kier molecular flexibility index (Phi) is 3.26. The molecule has 0 bridgehead atoms. The van der Waals surface area contributed by atoms with Gasteiger partial charge in [-0.3, -0.25) is 0 Å². The second-order valence-corrected chi connectivity index (χ2v) is 4.13. The van der Waals surface area contributed by atoms with E-state index in [4.69, 9.17) is 10.5 Å². The van der Waals surface area contributed by atoms with Gasteiger partial charge in [-0.2, -0.15) is 5.10 Å². The molecule has 1 heterocycles. The highest BCUT2D eigenvalue weighted by Crippen LogP contribution is 2.26. The molecule has 0 fully saturated rings. The topological polar surface area (TPSA) is 53.1 Å². The van der Waals surface area contributed by atoms with E-state index in [-0.39, 0.29) is 0 Å². The Morgan fingerprint density at radius 2 is 2.25 bits per heavy atom. The maximum absolute atomic E-state index is 5.51. The van der Waals surface area contributed by atoms with Crippen molar-refractivity contribution in [1.82, 2.24) is 9.78 Å². The van der Waals surface area contributed by atoms with Crippen LogP contribution in [0.5, 0.6) is 5.75 Å². The molecule has 2 rings (SSSR count). The van der Waals surface area contributed by atoms with Crippen LogP contribution in [0.2, 0.25) is 0 Å². The molecule has 0 aliphatic carbocycles. The molecule has 84 valence electrons. The first-order chi connectivity index (χ1) is 7.74. The van der Waals surface area contributed by atoms with Gasteiger partial charge in [-0.1, -0.05) is 0 Å². The van der Waals surface area contributed by atoms with Gasteiger partial charge in [0.1, 0.15) is 5.75 Å². The van der Waals surface area contributed by atoms with Crippen molar-refractivity contribution < 1.29 is 4.74 Å². The first-order valence-electron chi connectivity index (χ1n) is 4.83. The van der Waals surface area contributed by atoms with Crippen LogP contribution in [0.15, 0.2) is 34.9 Å². The third-order valence-corrected chi connectivity index (χ3v) is 2.91. The summed E-state index contributed by atoms with van der Waals surface area (Å²) in [6.45, 7) is 0.445. The molecule has 5 heteroatoms. The number of nitrogens with zero attached hydrogens (tertiary/aromatic N) is 2. The van der Waals surface area contributed by atoms with E-state index >= 15 is 0 Å². The first-order valence-corrected chi connectivity index (χ1v) is 5.62. The Morgan fingerprint density at radius 1 is 1.44 bits per heavy atom. The second kappa shape index (κ2) is 4.67. The smallest absolute Gasteiger partial charge is 0.135 e. The van der Waals surface area contributed by atoms with E-state index in [1.165, 1.54) is 0 Å². The predicted octanol–water partition coefficient (Wildman–Crippen LogP) is 2.10. The molecular weight excluding hydrogens is 270 g/mol. The summed E-state index contributed by atoms with van der Waals surface area (Å²) in [5.41, 5.74) is 7.32. The van der Waals surface area contributed by atoms with E-state index in [9.17, 15) is 0 Å². The molecule has 0 atom stereocenters. The van der Waals surface area contributed by atoms with E-state index in [2.05, 4.69) is 21.0 Å². The summed E-state index contributed by atoms with van der Waals surface area (Å²) >= 11 is 3.41. The summed E-state index contributed by atoms with van der Waals surface area (Å²) < 4.78 is 7.92. The van der Waals surface area contributed by atoms with Gasteiger partial charge in [0, 0.05) is 18.8 Å². The van der Waals surface area contributed by atoms with Crippen LogP contribution in [0.1, 0.15) is 5.69 Å². The number of rotatable bonds is 3. The van der Waals surface area contributed by atoms with Crippen LogP contribution >= 0.6 is 15.9 Å². The van der Waals surface area contributed by atoms with E-state index in [1.807, 2.05) is 30.5 Å². The Labute approximate surface area is 102 Å². The average Bonchev–Trinajstić information content (AvgIpc) is 2.78. The highest BCUT2D eigenvalue weighted by atomic mass is 79.9. The SMILES string of the molecule is COc1cc(-n2ccc(CN)n2)ccc1Br. The number of hydrogen-bond acceptors (Lipinski definition) is 3. The molecule has 2 N–H and O–H groups in total. The first kappa shape index (κ1) is 11.2. The number of ether oxygens (including phenoxy) is 1. The van der Waals surface area contributed by atoms with Gasteiger partial charge < -0.3 is 10.5 Å². The Hall–Kier alpha value is -1.33. The van der Waals surface area contributed by atoms with Crippen molar-refractivity contribution in [3.8, 4) is 11.4 Å². The highest BCUT2D eigenvalue weighted by Gasteiger charge is 2.04. The lowest BCUT2D eigenvalue weighted by molar-refractivity contribution is 0.412. The van der Waals surface area contributed by atoms with Crippen LogP contribution in [0.3, 0.4) is 0 Å². The van der Waals surface area contributed by atoms with Gasteiger partial charge in [-0.15, -0.1) is 0 Å². The average molecular weight is 282 g/mol. The minimum absolute atomic E-state index is 0.445. The molecule has 2 aromatic rings. The van der Waals surface area contributed by atoms with Gasteiger partial charge in [0.05, 0.1) is 23.0 Å². The van der Waals surface area contributed by atoms with Crippen molar-refractivity contribution in [2.24, 2.45) is 5.73 Å². The predicted molar refractivity (Wildman–Crippen MR) is 65.7 cm³/mol. The van der Waals surface area contributed by atoms with Gasteiger partial charge in [0.2, 0.25) is 0 Å². The fraction of sp³-hybridized carbons (Fsp3) is 0.182. The van der Waals surface area contributed by atoms with Crippen LogP contribution in [-0.2, 0) is 6.54 Å². The molecule has 0 aliphatic rings. The standard InChI is InChI=1S/C11H12BrN3O/c1-16-11-6-9(2-3-10(11)12)15-5-4-8(7-13)14-15/h2-6H,7,13H2,1H3. The summed E-state index contributed by atoms with van der Waals surface area (Å²) in [4.78, 5) is 0. The maximum Gasteiger partial charge on any atom is 0.135 e. The summed E-state index contributed by atoms with van der Waals surface area (Å²) in [5.74, 6) is 0.780. The third kappa shape index (κ3) is 2.10. The van der Waals surface area contributed by atoms with Crippen molar-refractivity contribution in [2.75, 3.05) is 7.11 Å². The molecule has 1 aromatic carbocycles. The number of aromatic nitrogens is 2. The summed E-state index contributed by atoms with van der Waals surface area (Å²) in [6.07, 6.45) is 1.88. The molecule has 16 heavy (non-hydrogen) atoms. The van der Waals surface area contributed by atoms with Crippen molar-refractivity contribution in [2.45, 2.75) is 6.54 Å². The van der Waals surface area contributed by atoms with Gasteiger partial charge >= 0.3 is 0 Å². The van der Waals surface area contributed by atoms with E-state index < -0.39 is 0 Å². The molecule has 0 spiro atoms. The zero-order chi connectivity index (χ0) is 11.5. The Bertz CT molecular complexity index is 496.